The molecule has 1 amide bonds. The first kappa shape index (κ1) is 18.2. The highest BCUT2D eigenvalue weighted by atomic mass is 35.5. The van der Waals surface area contributed by atoms with Crippen LogP contribution in [0.25, 0.3) is 0 Å². The Morgan fingerprint density at radius 2 is 1.85 bits per heavy atom. The molecule has 0 aromatic heterocycles. The second-order valence-corrected chi connectivity index (χ2v) is 5.79. The highest BCUT2D eigenvalue weighted by molar-refractivity contribution is 6.31. The minimum Gasteiger partial charge on any atom is -0.486 e. The van der Waals surface area contributed by atoms with E-state index in [0.717, 1.165) is 0 Å². The molecule has 1 heterocycles. The van der Waals surface area contributed by atoms with E-state index in [0.29, 0.717) is 24.7 Å². The molecule has 2 aromatic carbocycles. The van der Waals surface area contributed by atoms with Gasteiger partial charge >= 0.3 is 6.18 Å². The molecule has 2 aromatic rings. The average Bonchev–Trinajstić information content (AvgIpc) is 2.60. The van der Waals surface area contributed by atoms with E-state index in [-0.39, 0.29) is 22.0 Å². The zero-order valence-corrected chi connectivity index (χ0v) is 14.0. The summed E-state index contributed by atoms with van der Waals surface area (Å²) in [7, 11) is 0. The molecule has 0 spiro atoms. The van der Waals surface area contributed by atoms with Gasteiger partial charge in [-0.2, -0.15) is 13.2 Å². The van der Waals surface area contributed by atoms with Gasteiger partial charge in [-0.05, 0) is 36.4 Å². The van der Waals surface area contributed by atoms with Gasteiger partial charge < -0.3 is 19.5 Å². The van der Waals surface area contributed by atoms with Crippen LogP contribution in [-0.4, -0.2) is 31.9 Å². The number of alkyl halides is 3. The topological polar surface area (TPSA) is 56.8 Å². The van der Waals surface area contributed by atoms with Crippen molar-refractivity contribution in [1.29, 1.82) is 0 Å². The van der Waals surface area contributed by atoms with E-state index in [4.69, 9.17) is 25.8 Å². The molecule has 0 atom stereocenters. The van der Waals surface area contributed by atoms with Crippen LogP contribution in [0.15, 0.2) is 36.4 Å². The lowest BCUT2D eigenvalue weighted by Gasteiger charge is -2.19. The third-order valence-corrected chi connectivity index (χ3v) is 3.62. The number of carbonyl (C=O) groups is 1. The summed E-state index contributed by atoms with van der Waals surface area (Å²) in [4.78, 5) is 12.4. The number of hydrogen-bond donors (Lipinski definition) is 1. The van der Waals surface area contributed by atoms with E-state index in [9.17, 15) is 18.0 Å². The molecule has 1 N–H and O–H groups in total. The monoisotopic (exact) mass is 387 g/mol. The Bertz CT molecular complexity index is 826. The van der Waals surface area contributed by atoms with Gasteiger partial charge in [-0.25, -0.2) is 0 Å². The largest absolute Gasteiger partial charge is 0.486 e. The molecular formula is C17H13ClF3NO4. The van der Waals surface area contributed by atoms with Crippen LogP contribution in [0, 0.1) is 0 Å². The molecule has 0 radical (unpaired) electrons. The molecule has 1 aliphatic heterocycles. The summed E-state index contributed by atoms with van der Waals surface area (Å²) in [5, 5.41) is 2.74. The summed E-state index contributed by atoms with van der Waals surface area (Å²) in [5.74, 6) is 0.243. The van der Waals surface area contributed by atoms with Crippen molar-refractivity contribution in [2.75, 3.05) is 25.1 Å². The zero-order valence-electron chi connectivity index (χ0n) is 13.2. The summed E-state index contributed by atoms with van der Waals surface area (Å²) in [6.45, 7) is -0.704. The fourth-order valence-corrected chi connectivity index (χ4v) is 2.44. The molecule has 0 aliphatic carbocycles. The Kier molecular flexibility index (Phi) is 5.13. The number of halogens is 4. The van der Waals surface area contributed by atoms with Crippen molar-refractivity contribution in [3.8, 4) is 17.2 Å². The van der Waals surface area contributed by atoms with E-state index in [1.54, 1.807) is 6.07 Å². The first-order valence-corrected chi connectivity index (χ1v) is 7.90. The van der Waals surface area contributed by atoms with Crippen LogP contribution in [0.4, 0.5) is 18.9 Å². The van der Waals surface area contributed by atoms with Crippen molar-refractivity contribution in [3.05, 3.63) is 47.0 Å². The van der Waals surface area contributed by atoms with Gasteiger partial charge in [0.25, 0.3) is 5.91 Å². The summed E-state index contributed by atoms with van der Waals surface area (Å²) in [5.41, 5.74) is 0.276. The molecule has 138 valence electrons. The Hall–Kier alpha value is -2.61. The number of amides is 1. The van der Waals surface area contributed by atoms with Gasteiger partial charge in [0.05, 0.1) is 5.69 Å². The summed E-state index contributed by atoms with van der Waals surface area (Å²) < 4.78 is 52.7. The Morgan fingerprint density at radius 1 is 1.12 bits per heavy atom. The second kappa shape index (κ2) is 7.33. The molecule has 0 bridgehead atoms. The van der Waals surface area contributed by atoms with Crippen molar-refractivity contribution in [2.45, 2.75) is 6.18 Å². The van der Waals surface area contributed by atoms with E-state index in [1.807, 2.05) is 0 Å². The summed E-state index contributed by atoms with van der Waals surface area (Å²) >= 11 is 5.87. The van der Waals surface area contributed by atoms with Crippen LogP contribution in [0.1, 0.15) is 10.4 Å². The molecular weight excluding hydrogens is 375 g/mol. The zero-order chi connectivity index (χ0) is 18.7. The number of fused-ring (bicyclic) bond motifs is 1. The van der Waals surface area contributed by atoms with Gasteiger partial charge in [-0.15, -0.1) is 0 Å². The van der Waals surface area contributed by atoms with E-state index < -0.39 is 18.7 Å². The standard InChI is InChI=1S/C17H13ClF3NO4/c18-11-2-4-13(26-9-17(19,20)21)12(8-11)22-16(23)10-1-3-14-15(7-10)25-6-5-24-14/h1-4,7-8H,5-6,9H2,(H,22,23). The molecule has 0 saturated heterocycles. The van der Waals surface area contributed by atoms with Crippen LogP contribution < -0.4 is 19.5 Å². The van der Waals surface area contributed by atoms with Crippen molar-refractivity contribution in [3.63, 3.8) is 0 Å². The van der Waals surface area contributed by atoms with Crippen molar-refractivity contribution < 1.29 is 32.2 Å². The smallest absolute Gasteiger partial charge is 0.422 e. The molecule has 5 nitrogen and oxygen atoms in total. The normalized spacial score (nSPS) is 13.2. The van der Waals surface area contributed by atoms with Gasteiger partial charge in [0, 0.05) is 10.6 Å². The van der Waals surface area contributed by atoms with Gasteiger partial charge in [-0.1, -0.05) is 11.6 Å². The van der Waals surface area contributed by atoms with Crippen LogP contribution in [0.2, 0.25) is 5.02 Å². The maximum atomic E-state index is 12.4. The number of rotatable bonds is 4. The van der Waals surface area contributed by atoms with Crippen LogP contribution in [0.3, 0.4) is 0 Å². The summed E-state index contributed by atoms with van der Waals surface area (Å²) in [6, 6.07) is 8.53. The van der Waals surface area contributed by atoms with Gasteiger partial charge in [0.2, 0.25) is 0 Å². The maximum Gasteiger partial charge on any atom is 0.422 e. The maximum absolute atomic E-state index is 12.4. The van der Waals surface area contributed by atoms with Gasteiger partial charge in [0.15, 0.2) is 18.1 Å². The minimum atomic E-state index is -4.50. The molecule has 0 unspecified atom stereocenters. The van der Waals surface area contributed by atoms with E-state index in [1.165, 1.54) is 30.3 Å². The highest BCUT2D eigenvalue weighted by Gasteiger charge is 2.29. The van der Waals surface area contributed by atoms with Gasteiger partial charge in [0.1, 0.15) is 19.0 Å². The molecule has 0 fully saturated rings. The lowest BCUT2D eigenvalue weighted by molar-refractivity contribution is -0.153. The van der Waals surface area contributed by atoms with Crippen molar-refractivity contribution >= 4 is 23.2 Å². The summed E-state index contributed by atoms with van der Waals surface area (Å²) in [6.07, 6.45) is -4.50. The van der Waals surface area contributed by atoms with E-state index >= 15 is 0 Å². The predicted octanol–water partition coefficient (Wildman–Crippen LogP) is 4.30. The van der Waals surface area contributed by atoms with E-state index in [2.05, 4.69) is 5.32 Å². The number of nitrogens with one attached hydrogen (secondary N) is 1. The van der Waals surface area contributed by atoms with Crippen molar-refractivity contribution in [1.82, 2.24) is 0 Å². The van der Waals surface area contributed by atoms with Crippen molar-refractivity contribution in [2.24, 2.45) is 0 Å². The van der Waals surface area contributed by atoms with Crippen LogP contribution >= 0.6 is 11.6 Å². The molecule has 0 saturated carbocycles. The third-order valence-electron chi connectivity index (χ3n) is 3.39. The number of hydrogen-bond acceptors (Lipinski definition) is 4. The highest BCUT2D eigenvalue weighted by Crippen LogP contribution is 2.33. The fourth-order valence-electron chi connectivity index (χ4n) is 2.26. The lowest BCUT2D eigenvalue weighted by atomic mass is 10.1. The third kappa shape index (κ3) is 4.51. The minimum absolute atomic E-state index is 0.0293. The number of benzene rings is 2. The van der Waals surface area contributed by atoms with Gasteiger partial charge in [-0.3, -0.25) is 4.79 Å². The SMILES string of the molecule is O=C(Nc1cc(Cl)ccc1OCC(F)(F)F)c1ccc2c(c1)OCCO2. The first-order valence-electron chi connectivity index (χ1n) is 7.52. The lowest BCUT2D eigenvalue weighted by Crippen LogP contribution is -2.20. The number of ether oxygens (including phenoxy) is 3. The molecule has 26 heavy (non-hydrogen) atoms. The average molecular weight is 388 g/mol. The predicted molar refractivity (Wildman–Crippen MR) is 88.4 cm³/mol. The molecule has 9 heteroatoms. The molecule has 3 rings (SSSR count). The van der Waals surface area contributed by atoms with Crippen LogP contribution in [-0.2, 0) is 0 Å². The fraction of sp³-hybridized carbons (Fsp3) is 0.235. The Labute approximate surface area is 151 Å². The first-order chi connectivity index (χ1) is 12.3. The number of carbonyl (C=O) groups excluding carboxylic acids is 1. The Balaban J connectivity index is 1.79. The van der Waals surface area contributed by atoms with Crippen LogP contribution in [0.5, 0.6) is 17.2 Å². The Morgan fingerprint density at radius 3 is 2.58 bits per heavy atom. The molecule has 1 aliphatic rings. The quantitative estimate of drug-likeness (QED) is 0.849. The number of anilines is 1. The second-order valence-electron chi connectivity index (χ2n) is 5.36.